The Hall–Kier alpha value is -13.5. The Morgan fingerprint density at radius 1 is 0.500 bits per heavy atom. The average molecular weight is 2150 g/mol. The summed E-state index contributed by atoms with van der Waals surface area (Å²) in [5.41, 5.74) is 28.1. The van der Waals surface area contributed by atoms with Crippen molar-refractivity contribution in [3.63, 3.8) is 0 Å². The van der Waals surface area contributed by atoms with Crippen LogP contribution in [0, 0.1) is 91.7 Å². The molecular weight excluding hydrogens is 2010 g/mol. The number of carboxylic acids is 1. The SMILES string of the molecule is C[Si](C)(C)N(c1c[c-]ccc1F)[Si](C)(C)C.Cc1cc(C(=O)Nc2cc(C(O)(CCC3CC3)c3ccccn3)ccc2F)n(-c2cccc(CN)c2)n1.Cc1cc(C(=O)O)n(-c2cccc(C#N)c2)n1.NCCNCCN.Nc1cc(C(O)(CCC2CC2)c2ccccn2)ccc1F.O=C(CCC1CC1)c1ccccn1.[Br-].[C-]#[N+]c1cccc(-n2nc(C)cc2C(=O)Nc2cc(C(O)(CCC3CC3)c3ccccn3)ccc2F)c1.[Mg+2]. The number of carbonyl (C=O) groups excluding carboxylic acids is 3. The molecule has 2 amide bonds. The molecule has 36 heteroatoms. The number of ketones is 1. The molecule has 150 heavy (non-hydrogen) atoms. The van der Waals surface area contributed by atoms with Gasteiger partial charge in [0, 0.05) is 69.7 Å². The largest absolute Gasteiger partial charge is 2.00 e. The molecule has 4 aliphatic rings. The predicted octanol–water partition coefficient (Wildman–Crippen LogP) is 17.4. The van der Waals surface area contributed by atoms with Gasteiger partial charge >= 0.3 is 29.0 Å². The monoisotopic (exact) mass is 2140 g/mol. The number of carbonyl (C=O) groups is 4. The summed E-state index contributed by atoms with van der Waals surface area (Å²) in [5, 5.41) is 74.0. The molecule has 0 aliphatic heterocycles. The van der Waals surface area contributed by atoms with Gasteiger partial charge in [-0.05, 0) is 257 Å². The van der Waals surface area contributed by atoms with Crippen molar-refractivity contribution >= 4 is 91.5 Å². The van der Waals surface area contributed by atoms with Crippen molar-refractivity contribution < 1.29 is 74.1 Å². The number of hydrogen-bond donors (Lipinski definition) is 11. The molecule has 28 nitrogen and oxygen atoms in total. The molecule has 4 saturated carbocycles. The number of carboxylic acid groups (broad SMARTS) is 1. The summed E-state index contributed by atoms with van der Waals surface area (Å²) in [7, 11) is -3.12. The second kappa shape index (κ2) is 55.4. The molecule has 14 aromatic rings. The van der Waals surface area contributed by atoms with Crippen LogP contribution >= 0.6 is 0 Å². The summed E-state index contributed by atoms with van der Waals surface area (Å²) < 4.78 is 63.8. The number of aromatic nitrogens is 10. The van der Waals surface area contributed by atoms with Gasteiger partial charge in [0.2, 0.25) is 0 Å². The quantitative estimate of drug-likeness (QED) is 0.00439. The molecule has 7 aromatic heterocycles. The topological polar surface area (TPSA) is 426 Å². The van der Waals surface area contributed by atoms with E-state index in [-0.39, 0.29) is 85.8 Å². The minimum Gasteiger partial charge on any atom is -1.00 e. The Morgan fingerprint density at radius 3 is 1.30 bits per heavy atom. The number of rotatable bonds is 35. The van der Waals surface area contributed by atoms with Gasteiger partial charge in [-0.15, -0.1) is 6.07 Å². The molecule has 3 unspecified atom stereocenters. The minimum absolute atomic E-state index is 0. The van der Waals surface area contributed by atoms with Crippen LogP contribution in [0.25, 0.3) is 21.9 Å². The van der Waals surface area contributed by atoms with Gasteiger partial charge in [-0.3, -0.25) is 34.3 Å². The van der Waals surface area contributed by atoms with E-state index in [2.05, 4.69) is 106 Å². The van der Waals surface area contributed by atoms with E-state index in [0.717, 1.165) is 81.6 Å². The number of aliphatic hydroxyl groups is 3. The summed E-state index contributed by atoms with van der Waals surface area (Å²) in [6, 6.07) is 70.1. The second-order valence-electron chi connectivity index (χ2n) is 39.4. The molecule has 18 rings (SSSR count). The van der Waals surface area contributed by atoms with Gasteiger partial charge in [0.1, 0.15) is 67.8 Å². The van der Waals surface area contributed by atoms with Crippen molar-refractivity contribution in [1.29, 1.82) is 5.26 Å². The third-order valence-corrected chi connectivity index (χ3v) is 32.6. The minimum atomic E-state index is -1.56. The van der Waals surface area contributed by atoms with Crippen LogP contribution in [0.4, 0.5) is 46.0 Å². The fraction of sp³-hybridized carbons (Fsp3) is 0.325. The van der Waals surface area contributed by atoms with Crippen molar-refractivity contribution in [3.05, 3.63) is 387 Å². The average Bonchev–Trinajstić information content (AvgIpc) is 1.35. The van der Waals surface area contributed by atoms with Crippen LogP contribution in [-0.2, 0) is 23.3 Å². The molecule has 0 saturated heterocycles. The fourth-order valence-electron chi connectivity index (χ4n) is 17.3. The first kappa shape index (κ1) is 118. The van der Waals surface area contributed by atoms with Crippen molar-refractivity contribution in [3.8, 4) is 23.1 Å². The number of Topliss-reactive ketones (excluding diaryl/α,β-unsaturated/α-hetero) is 1. The van der Waals surface area contributed by atoms with E-state index in [4.69, 9.17) is 39.9 Å². The number of nitrogens with two attached hydrogens (primary N) is 4. The summed E-state index contributed by atoms with van der Waals surface area (Å²) in [5.74, 6) is -1.07. The Morgan fingerprint density at radius 2 is 0.907 bits per heavy atom. The van der Waals surface area contributed by atoms with Crippen LogP contribution in [0.2, 0.25) is 39.3 Å². The number of benzene rings is 7. The number of pyridine rings is 4. The number of nitrogens with one attached hydrogen (secondary N) is 3. The smallest absolute Gasteiger partial charge is 1.00 e. The van der Waals surface area contributed by atoms with Crippen LogP contribution in [0.15, 0.2) is 261 Å². The van der Waals surface area contributed by atoms with Crippen LogP contribution in [-0.4, -0.2) is 159 Å². The number of amides is 2. The van der Waals surface area contributed by atoms with Gasteiger partial charge in [0.15, 0.2) is 17.2 Å². The maximum absolute atomic E-state index is 14.9. The van der Waals surface area contributed by atoms with Crippen molar-refractivity contribution in [2.45, 2.75) is 186 Å². The number of aromatic carboxylic acids is 1. The first-order valence-electron chi connectivity index (χ1n) is 49.8. The summed E-state index contributed by atoms with van der Waals surface area (Å²) in [6.45, 7) is 29.6. The molecule has 780 valence electrons. The molecule has 15 N–H and O–H groups in total. The molecule has 4 fully saturated rings. The van der Waals surface area contributed by atoms with Gasteiger partial charge in [-0.1, -0.05) is 169 Å². The number of halogens is 5. The van der Waals surface area contributed by atoms with Crippen molar-refractivity contribution in [2.24, 2.45) is 40.9 Å². The van der Waals surface area contributed by atoms with Crippen molar-refractivity contribution in [2.75, 3.05) is 46.8 Å². The van der Waals surface area contributed by atoms with Crippen LogP contribution in [0.1, 0.15) is 207 Å². The number of anilines is 4. The number of aryl methyl sites for hydroxylation is 3. The Balaban J connectivity index is 0.000000188. The number of nitriles is 1. The first-order chi connectivity index (χ1) is 70.9. The van der Waals surface area contributed by atoms with Gasteiger partial charge in [0.25, 0.3) is 11.8 Å². The van der Waals surface area contributed by atoms with E-state index in [9.17, 15) is 52.1 Å². The van der Waals surface area contributed by atoms with Gasteiger partial charge in [-0.25, -0.2) is 41.2 Å². The summed E-state index contributed by atoms with van der Waals surface area (Å²) in [4.78, 5) is 69.7. The zero-order valence-electron chi connectivity index (χ0n) is 86.1. The van der Waals surface area contributed by atoms with Crippen molar-refractivity contribution in [1.82, 2.24) is 54.6 Å². The number of nitrogens with zero attached hydrogens (tertiary/aromatic N) is 13. The molecule has 7 heterocycles. The van der Waals surface area contributed by atoms with E-state index in [0.29, 0.717) is 148 Å². The van der Waals surface area contributed by atoms with Gasteiger partial charge < -0.3 is 80.5 Å². The first-order valence-corrected chi connectivity index (χ1v) is 56.7. The second-order valence-corrected chi connectivity index (χ2v) is 49.5. The summed E-state index contributed by atoms with van der Waals surface area (Å²) >= 11 is 0. The van der Waals surface area contributed by atoms with E-state index >= 15 is 0 Å². The maximum Gasteiger partial charge on any atom is 2.00 e. The van der Waals surface area contributed by atoms with E-state index in [1.807, 2.05) is 66.7 Å². The molecule has 3 atom stereocenters. The standard InChI is InChI=1S/C29H26FN5O2.C29H30FN5O2.C17H19FN2O.C12H21FNSi2.C12H9N3O2.C11H13NO.C4H13N3.BrH.Mg/c1-19-16-26(35(34-19)23-7-5-6-22(18-23)31-2)28(36)33-25-17-21(11-12-24(25)30)29(37,14-13-20-9-10-20)27-8-3-4-15-32-27;1-19-15-26(35(34-19)23-6-4-5-21(16-23)18-31)28(36)33-25-17-22(10-11-24(25)30)29(37,13-12-20-8-9-20)27-7-2-3-14-32-27;18-14-7-6-13(11-15(14)19)17(21,9-8-12-4-5-12)16-3-1-2-10-20-16;1-15(2,3)14(16(4,5)6)12-10-8-7-9-11(12)13;1-8-5-11(12(16)17)15(14-8)10-4-2-3-9(6-10)7-13;13-11(7-6-9-4-5-9)10-3-1-2-8-12-10;5-1-3-7-4-2-6;;/h3-8,11-12,15-18,20,37H,9-10,13-14H2,1H3,(H,33,36);2-7,10-11,14-17,20,37H,8-9,12-13,18,31H2,1H3,(H,33,36);1-3,6-7,10-12,21H,4-5,8-9,19H2;7,9-10H,1-6H3;2-6H,1H3,(H,16,17);1-3,8-9H,4-7H2;7H,1-6H2;1H;/q;;;-1;;;;;+2/p-1. The molecule has 7 aromatic carbocycles. The van der Waals surface area contributed by atoms with E-state index in [1.165, 1.54) is 94.3 Å². The zero-order valence-corrected chi connectivity index (χ0v) is 91.1. The molecule has 0 spiro atoms. The number of nitrogen functional groups attached to an aromatic ring is 1. The van der Waals surface area contributed by atoms with Gasteiger partial charge in [-0.2, -0.15) is 38.8 Å². The maximum atomic E-state index is 14.9. The molecule has 0 bridgehead atoms. The fourth-order valence-corrected chi connectivity index (χ4v) is 27.1. The van der Waals surface area contributed by atoms with Crippen LogP contribution in [0.3, 0.4) is 0 Å². The summed E-state index contributed by atoms with van der Waals surface area (Å²) in [6.07, 6.45) is 22.1. The number of hydrogen-bond acceptors (Lipinski definition) is 21. The Bertz CT molecular complexity index is 6890. The van der Waals surface area contributed by atoms with Crippen LogP contribution < -0.4 is 60.1 Å². The normalized spacial score (nSPS) is 14.0. The Labute approximate surface area is 903 Å². The third kappa shape index (κ3) is 33.5. The van der Waals surface area contributed by atoms with Gasteiger partial charge in [0.05, 0.1) is 86.5 Å². The van der Waals surface area contributed by atoms with Crippen LogP contribution in [0.5, 0.6) is 0 Å². The Kier molecular flexibility index (Phi) is 43.7. The third-order valence-electron chi connectivity index (χ3n) is 25.4. The molecule has 4 aliphatic carbocycles. The predicted molar refractivity (Wildman–Crippen MR) is 579 cm³/mol. The van der Waals surface area contributed by atoms with E-state index < -0.39 is 68.5 Å². The van der Waals surface area contributed by atoms with E-state index in [1.54, 1.807) is 167 Å². The molecular formula is C114H131BrF4MgN20O8Si2. The molecule has 0 radical (unpaired) electrons. The zero-order chi connectivity index (χ0) is 106.